The fraction of sp³-hybridized carbons (Fsp3) is 1.00. The molecule has 0 aromatic carbocycles. The van der Waals surface area contributed by atoms with Gasteiger partial charge in [0.25, 0.3) is 0 Å². The predicted octanol–water partition coefficient (Wildman–Crippen LogP) is -0.208. The Morgan fingerprint density at radius 3 is 2.78 bits per heavy atom. The summed E-state index contributed by atoms with van der Waals surface area (Å²) in [5.41, 5.74) is 0. The Morgan fingerprint density at radius 2 is 2.44 bits per heavy atom. The van der Waals surface area contributed by atoms with E-state index in [0.717, 1.165) is 0 Å². The smallest absolute Gasteiger partial charge is 0.488 e. The van der Waals surface area contributed by atoms with Gasteiger partial charge in [-0.1, -0.05) is 0 Å². The molecule has 0 fully saturated rings. The van der Waals surface area contributed by atoms with Crippen LogP contribution in [0.3, 0.4) is 0 Å². The highest BCUT2D eigenvalue weighted by Gasteiger charge is 2.09. The molecular formula is C4H9O4P. The molecule has 0 saturated carbocycles. The normalized spacial score (nSPS) is 15.2. The zero-order chi connectivity index (χ0) is 7.28. The van der Waals surface area contributed by atoms with Crippen LogP contribution in [0.15, 0.2) is 0 Å². The number of hydrogen-bond acceptors (Lipinski definition) is 4. The van der Waals surface area contributed by atoms with E-state index < -0.39 is 14.4 Å². The highest BCUT2D eigenvalue weighted by molar-refractivity contribution is 7.30. The lowest BCUT2D eigenvalue weighted by Gasteiger charge is -2.00. The van der Waals surface area contributed by atoms with Gasteiger partial charge in [-0.3, -0.25) is 0 Å². The van der Waals surface area contributed by atoms with Crippen LogP contribution in [0.4, 0.5) is 0 Å². The van der Waals surface area contributed by atoms with E-state index in [1.165, 1.54) is 0 Å². The summed E-state index contributed by atoms with van der Waals surface area (Å²) in [4.78, 5) is 9.82. The standard InChI is InChI=1S/C4H9O4P/c1-4(2-3-5)8-9(6)7/h4-5H,2-3H2,1H3. The van der Waals surface area contributed by atoms with Crippen molar-refractivity contribution in [2.24, 2.45) is 0 Å². The van der Waals surface area contributed by atoms with Gasteiger partial charge in [-0.05, 0) is 11.5 Å². The Labute approximate surface area is 54.4 Å². The van der Waals surface area contributed by atoms with Gasteiger partial charge in [-0.25, -0.2) is 0 Å². The third-order valence-electron chi connectivity index (χ3n) is 0.802. The van der Waals surface area contributed by atoms with Gasteiger partial charge >= 0.3 is 8.25 Å². The van der Waals surface area contributed by atoms with Crippen molar-refractivity contribution in [2.45, 2.75) is 19.4 Å². The molecule has 0 aromatic rings. The minimum atomic E-state index is -2.76. The van der Waals surface area contributed by atoms with Gasteiger partial charge in [0.2, 0.25) is 0 Å². The Hall–Kier alpha value is -0.0200. The first-order valence-corrected chi connectivity index (χ1v) is 3.68. The predicted molar refractivity (Wildman–Crippen MR) is 29.9 cm³/mol. The van der Waals surface area contributed by atoms with Crippen LogP contribution in [0.2, 0.25) is 0 Å². The second kappa shape index (κ2) is 4.82. The summed E-state index contributed by atoms with van der Waals surface area (Å²) < 4.78 is 14.1. The molecule has 54 valence electrons. The molecule has 0 aliphatic heterocycles. The SMILES string of the molecule is CC(CCO)O[P+](=O)[O-]. The van der Waals surface area contributed by atoms with E-state index in [2.05, 4.69) is 4.52 Å². The monoisotopic (exact) mass is 152 g/mol. The topological polar surface area (TPSA) is 69.6 Å². The van der Waals surface area contributed by atoms with Crippen LogP contribution in [0, 0.1) is 0 Å². The fourth-order valence-electron chi connectivity index (χ4n) is 0.381. The maximum Gasteiger partial charge on any atom is 0.488 e. The fourth-order valence-corrected chi connectivity index (χ4v) is 0.781. The third kappa shape index (κ3) is 5.86. The van der Waals surface area contributed by atoms with Gasteiger partial charge in [0.15, 0.2) is 0 Å². The first-order chi connectivity index (χ1) is 4.16. The Bertz CT molecular complexity index is 94.6. The average Bonchev–Trinajstić information content (AvgIpc) is 1.63. The summed E-state index contributed by atoms with van der Waals surface area (Å²) in [5, 5.41) is 8.27. The summed E-state index contributed by atoms with van der Waals surface area (Å²) >= 11 is 0. The number of aliphatic hydroxyl groups is 1. The molecule has 4 nitrogen and oxygen atoms in total. The molecule has 5 heteroatoms. The average molecular weight is 152 g/mol. The van der Waals surface area contributed by atoms with Gasteiger partial charge in [-0.2, -0.15) is 0 Å². The highest BCUT2D eigenvalue weighted by Crippen LogP contribution is 2.14. The number of hydrogen-bond donors (Lipinski definition) is 1. The van der Waals surface area contributed by atoms with E-state index in [4.69, 9.17) is 5.11 Å². The van der Waals surface area contributed by atoms with Gasteiger partial charge in [-0.15, -0.1) is 4.52 Å². The van der Waals surface area contributed by atoms with E-state index in [1.807, 2.05) is 0 Å². The molecule has 0 rings (SSSR count). The van der Waals surface area contributed by atoms with Crippen LogP contribution in [0.5, 0.6) is 0 Å². The molecule has 2 atom stereocenters. The highest BCUT2D eigenvalue weighted by atomic mass is 31.1. The Morgan fingerprint density at radius 1 is 1.89 bits per heavy atom. The zero-order valence-corrected chi connectivity index (χ0v) is 6.01. The molecule has 9 heavy (non-hydrogen) atoms. The van der Waals surface area contributed by atoms with Crippen molar-refractivity contribution in [1.82, 2.24) is 0 Å². The van der Waals surface area contributed by atoms with Gasteiger partial charge in [0, 0.05) is 13.0 Å². The van der Waals surface area contributed by atoms with E-state index >= 15 is 0 Å². The molecule has 1 N–H and O–H groups in total. The minimum absolute atomic E-state index is 0.0513. The van der Waals surface area contributed by atoms with Gasteiger partial charge in [0.05, 0.1) is 0 Å². The van der Waals surface area contributed by atoms with Crippen LogP contribution >= 0.6 is 8.25 Å². The third-order valence-corrected chi connectivity index (χ3v) is 1.33. The molecule has 0 bridgehead atoms. The molecule has 0 aliphatic carbocycles. The largest absolute Gasteiger partial charge is 0.566 e. The van der Waals surface area contributed by atoms with Crippen LogP contribution in [-0.2, 0) is 9.09 Å². The van der Waals surface area contributed by atoms with Crippen molar-refractivity contribution < 1.29 is 19.1 Å². The van der Waals surface area contributed by atoms with Gasteiger partial charge < -0.3 is 10.00 Å². The molecular weight excluding hydrogens is 143 g/mol. The van der Waals surface area contributed by atoms with Crippen molar-refractivity contribution in [1.29, 1.82) is 0 Å². The van der Waals surface area contributed by atoms with Crippen molar-refractivity contribution in [3.05, 3.63) is 0 Å². The van der Waals surface area contributed by atoms with Gasteiger partial charge in [0.1, 0.15) is 6.10 Å². The van der Waals surface area contributed by atoms with Crippen molar-refractivity contribution in [3.63, 3.8) is 0 Å². The lowest BCUT2D eigenvalue weighted by atomic mass is 10.3. The molecule has 0 aliphatic rings. The summed E-state index contributed by atoms with van der Waals surface area (Å²) in [7, 11) is -2.76. The number of rotatable bonds is 4. The van der Waals surface area contributed by atoms with Crippen molar-refractivity contribution in [3.8, 4) is 0 Å². The van der Waals surface area contributed by atoms with Crippen LogP contribution in [-0.4, -0.2) is 17.8 Å². The van der Waals surface area contributed by atoms with E-state index in [9.17, 15) is 9.46 Å². The van der Waals surface area contributed by atoms with Crippen LogP contribution in [0.25, 0.3) is 0 Å². The summed E-state index contributed by atoms with van der Waals surface area (Å²) in [6, 6.07) is 0. The minimum Gasteiger partial charge on any atom is -0.566 e. The first-order valence-electron chi connectivity index (χ1n) is 2.59. The molecule has 0 saturated heterocycles. The Kier molecular flexibility index (Phi) is 4.81. The zero-order valence-electron chi connectivity index (χ0n) is 5.11. The second-order valence-electron chi connectivity index (χ2n) is 1.65. The van der Waals surface area contributed by atoms with E-state index in [-0.39, 0.29) is 6.61 Å². The lowest BCUT2D eigenvalue weighted by molar-refractivity contribution is -0.189. The molecule has 0 amide bonds. The van der Waals surface area contributed by atoms with E-state index in [1.54, 1.807) is 6.92 Å². The molecule has 2 unspecified atom stereocenters. The summed E-state index contributed by atoms with van der Waals surface area (Å²) in [5.74, 6) is 0. The van der Waals surface area contributed by atoms with Crippen molar-refractivity contribution in [2.75, 3.05) is 6.61 Å². The molecule has 0 heterocycles. The summed E-state index contributed by atoms with van der Waals surface area (Å²) in [6.45, 7) is 1.53. The quantitative estimate of drug-likeness (QED) is 0.566. The molecule has 0 aromatic heterocycles. The number of aliphatic hydroxyl groups excluding tert-OH is 1. The summed E-state index contributed by atoms with van der Waals surface area (Å²) in [6.07, 6.45) is -0.0559. The Balaban J connectivity index is 3.26. The van der Waals surface area contributed by atoms with E-state index in [0.29, 0.717) is 6.42 Å². The molecule has 0 spiro atoms. The van der Waals surface area contributed by atoms with Crippen LogP contribution in [0.1, 0.15) is 13.3 Å². The molecule has 0 radical (unpaired) electrons. The lowest BCUT2D eigenvalue weighted by Crippen LogP contribution is -2.07. The first kappa shape index (κ1) is 8.98. The maximum atomic E-state index is 9.82. The van der Waals surface area contributed by atoms with Crippen molar-refractivity contribution >= 4 is 8.25 Å². The van der Waals surface area contributed by atoms with Crippen LogP contribution < -0.4 is 4.89 Å². The maximum absolute atomic E-state index is 9.82. The second-order valence-corrected chi connectivity index (χ2v) is 2.31.